The number of carboxylic acid groups (broad SMARTS) is 1. The van der Waals surface area contributed by atoms with Crippen molar-refractivity contribution in [3.8, 4) is 0 Å². The summed E-state index contributed by atoms with van der Waals surface area (Å²) in [4.78, 5) is 23.9. The van der Waals surface area contributed by atoms with Crippen LogP contribution >= 0.6 is 0 Å². The zero-order valence-electron chi connectivity index (χ0n) is 14.4. The van der Waals surface area contributed by atoms with E-state index in [1.54, 1.807) is 12.1 Å². The standard InChI is InChI=1S/C20H23NO4/c1-14-7-6-8-15(11-14)12-17(20(23)24)13-21-19(22)18(25-2)16-9-4-3-5-10-16/h3-11,17-18H,12-13H2,1-2H3,(H,21,22)(H,23,24)/t17?,18-/m1/s1. The van der Waals surface area contributed by atoms with Gasteiger partial charge in [0, 0.05) is 13.7 Å². The quantitative estimate of drug-likeness (QED) is 0.774. The van der Waals surface area contributed by atoms with Crippen LogP contribution in [0, 0.1) is 12.8 Å². The van der Waals surface area contributed by atoms with E-state index in [9.17, 15) is 14.7 Å². The lowest BCUT2D eigenvalue weighted by atomic mass is 9.98. The Morgan fingerprint density at radius 2 is 1.84 bits per heavy atom. The molecule has 2 atom stereocenters. The smallest absolute Gasteiger partial charge is 0.308 e. The third-order valence-corrected chi connectivity index (χ3v) is 4.01. The van der Waals surface area contributed by atoms with E-state index in [0.29, 0.717) is 6.42 Å². The zero-order chi connectivity index (χ0) is 18.2. The molecular weight excluding hydrogens is 318 g/mol. The molecule has 2 aromatic carbocycles. The lowest BCUT2D eigenvalue weighted by Gasteiger charge is -2.18. The number of aliphatic carboxylic acids is 1. The maximum absolute atomic E-state index is 12.4. The molecule has 0 bridgehead atoms. The van der Waals surface area contributed by atoms with Crippen molar-refractivity contribution < 1.29 is 19.4 Å². The van der Waals surface area contributed by atoms with Gasteiger partial charge >= 0.3 is 5.97 Å². The first kappa shape index (κ1) is 18.7. The third kappa shape index (κ3) is 5.43. The number of carboxylic acids is 1. The fraction of sp³-hybridized carbons (Fsp3) is 0.300. The van der Waals surface area contributed by atoms with Gasteiger partial charge in [-0.15, -0.1) is 0 Å². The van der Waals surface area contributed by atoms with E-state index in [1.165, 1.54) is 7.11 Å². The van der Waals surface area contributed by atoms with E-state index in [1.807, 2.05) is 49.4 Å². The molecule has 0 aliphatic heterocycles. The molecule has 0 spiro atoms. The summed E-state index contributed by atoms with van der Waals surface area (Å²) in [6.07, 6.45) is -0.394. The number of hydrogen-bond donors (Lipinski definition) is 2. The minimum Gasteiger partial charge on any atom is -0.481 e. The van der Waals surface area contributed by atoms with Gasteiger partial charge in [0.1, 0.15) is 0 Å². The van der Waals surface area contributed by atoms with Crippen molar-refractivity contribution in [2.24, 2.45) is 5.92 Å². The van der Waals surface area contributed by atoms with Crippen LogP contribution in [0.1, 0.15) is 22.8 Å². The first-order valence-electron chi connectivity index (χ1n) is 8.15. The number of carbonyl (C=O) groups excluding carboxylic acids is 1. The van der Waals surface area contributed by atoms with E-state index < -0.39 is 18.0 Å². The van der Waals surface area contributed by atoms with Crippen LogP contribution in [0.15, 0.2) is 54.6 Å². The molecule has 0 heterocycles. The number of amides is 1. The van der Waals surface area contributed by atoms with Crippen LogP contribution in [-0.2, 0) is 20.7 Å². The van der Waals surface area contributed by atoms with Crippen LogP contribution in [0.2, 0.25) is 0 Å². The topological polar surface area (TPSA) is 75.6 Å². The number of carbonyl (C=O) groups is 2. The number of rotatable bonds is 8. The Balaban J connectivity index is 2.00. The summed E-state index contributed by atoms with van der Waals surface area (Å²) >= 11 is 0. The van der Waals surface area contributed by atoms with Crippen molar-refractivity contribution >= 4 is 11.9 Å². The predicted octanol–water partition coefficient (Wildman–Crippen LogP) is 2.74. The Morgan fingerprint density at radius 3 is 2.44 bits per heavy atom. The molecule has 5 nitrogen and oxygen atoms in total. The van der Waals surface area contributed by atoms with Crippen molar-refractivity contribution in [3.05, 3.63) is 71.3 Å². The summed E-state index contributed by atoms with van der Waals surface area (Å²) < 4.78 is 5.27. The number of benzene rings is 2. The van der Waals surface area contributed by atoms with Crippen LogP contribution in [0.5, 0.6) is 0 Å². The minimum absolute atomic E-state index is 0.0504. The molecule has 2 N–H and O–H groups in total. The number of methoxy groups -OCH3 is 1. The van der Waals surface area contributed by atoms with Gasteiger partial charge in [0.15, 0.2) is 6.10 Å². The Kier molecular flexibility index (Phi) is 6.71. The molecular formula is C20H23NO4. The van der Waals surface area contributed by atoms with Crippen molar-refractivity contribution in [1.82, 2.24) is 5.32 Å². The Hall–Kier alpha value is -2.66. The van der Waals surface area contributed by atoms with Crippen molar-refractivity contribution in [1.29, 1.82) is 0 Å². The van der Waals surface area contributed by atoms with E-state index in [2.05, 4.69) is 5.32 Å². The van der Waals surface area contributed by atoms with Crippen LogP contribution in [-0.4, -0.2) is 30.6 Å². The first-order chi connectivity index (χ1) is 12.0. The molecule has 0 aliphatic rings. The fourth-order valence-corrected chi connectivity index (χ4v) is 2.71. The second kappa shape index (κ2) is 8.99. The minimum atomic E-state index is -0.935. The summed E-state index contributed by atoms with van der Waals surface area (Å²) in [6.45, 7) is 2.01. The highest BCUT2D eigenvalue weighted by Crippen LogP contribution is 2.17. The van der Waals surface area contributed by atoms with Gasteiger partial charge in [-0.25, -0.2) is 0 Å². The van der Waals surface area contributed by atoms with Gasteiger partial charge in [-0.3, -0.25) is 9.59 Å². The number of hydrogen-bond acceptors (Lipinski definition) is 3. The van der Waals surface area contributed by atoms with Gasteiger partial charge in [-0.05, 0) is 24.5 Å². The number of ether oxygens (including phenoxy) is 1. The third-order valence-electron chi connectivity index (χ3n) is 4.01. The fourth-order valence-electron chi connectivity index (χ4n) is 2.71. The van der Waals surface area contributed by atoms with Crippen LogP contribution in [0.25, 0.3) is 0 Å². The normalized spacial score (nSPS) is 13.0. The Labute approximate surface area is 147 Å². The molecule has 2 aromatic rings. The lowest BCUT2D eigenvalue weighted by molar-refractivity contribution is -0.142. The summed E-state index contributed by atoms with van der Waals surface area (Å²) in [6, 6.07) is 16.8. The molecule has 1 amide bonds. The summed E-state index contributed by atoms with van der Waals surface area (Å²) in [7, 11) is 1.46. The molecule has 0 fully saturated rings. The van der Waals surface area contributed by atoms with Crippen LogP contribution in [0.4, 0.5) is 0 Å². The SMILES string of the molecule is CO[C@@H](C(=O)NCC(Cc1cccc(C)c1)C(=O)O)c1ccccc1. The molecule has 132 valence electrons. The van der Waals surface area contributed by atoms with Gasteiger partial charge in [-0.2, -0.15) is 0 Å². The lowest BCUT2D eigenvalue weighted by Crippen LogP contribution is -2.37. The zero-order valence-corrected chi connectivity index (χ0v) is 14.4. The van der Waals surface area contributed by atoms with Crippen LogP contribution in [0.3, 0.4) is 0 Å². The molecule has 0 saturated carbocycles. The largest absolute Gasteiger partial charge is 0.481 e. The molecule has 5 heteroatoms. The monoisotopic (exact) mass is 341 g/mol. The molecule has 25 heavy (non-hydrogen) atoms. The van der Waals surface area contributed by atoms with Gasteiger partial charge in [0.05, 0.1) is 5.92 Å². The van der Waals surface area contributed by atoms with Crippen molar-refractivity contribution in [2.45, 2.75) is 19.4 Å². The highest BCUT2D eigenvalue weighted by atomic mass is 16.5. The highest BCUT2D eigenvalue weighted by Gasteiger charge is 2.23. The second-order valence-corrected chi connectivity index (χ2v) is 6.00. The summed E-state index contributed by atoms with van der Waals surface area (Å²) in [5, 5.41) is 12.2. The van der Waals surface area contributed by atoms with Crippen LogP contribution < -0.4 is 5.32 Å². The highest BCUT2D eigenvalue weighted by molar-refractivity contribution is 5.82. The average Bonchev–Trinajstić information content (AvgIpc) is 2.60. The molecule has 2 rings (SSSR count). The van der Waals surface area contributed by atoms with E-state index in [4.69, 9.17) is 4.74 Å². The second-order valence-electron chi connectivity index (χ2n) is 6.00. The molecule has 0 aromatic heterocycles. The summed E-state index contributed by atoms with van der Waals surface area (Å²) in [5.41, 5.74) is 2.75. The summed E-state index contributed by atoms with van der Waals surface area (Å²) in [5.74, 6) is -1.97. The van der Waals surface area contributed by atoms with Gasteiger partial charge < -0.3 is 15.2 Å². The average molecular weight is 341 g/mol. The van der Waals surface area contributed by atoms with Crippen molar-refractivity contribution in [3.63, 3.8) is 0 Å². The number of aryl methyl sites for hydroxylation is 1. The maximum Gasteiger partial charge on any atom is 0.308 e. The van der Waals surface area contributed by atoms with Crippen molar-refractivity contribution in [2.75, 3.05) is 13.7 Å². The molecule has 0 aliphatic carbocycles. The number of nitrogens with one attached hydrogen (secondary N) is 1. The first-order valence-corrected chi connectivity index (χ1v) is 8.15. The molecule has 1 unspecified atom stereocenters. The van der Waals surface area contributed by atoms with E-state index in [-0.39, 0.29) is 12.5 Å². The predicted molar refractivity (Wildman–Crippen MR) is 95.2 cm³/mol. The maximum atomic E-state index is 12.4. The van der Waals surface area contributed by atoms with Gasteiger partial charge in [-0.1, -0.05) is 60.2 Å². The van der Waals surface area contributed by atoms with E-state index >= 15 is 0 Å². The Bertz CT molecular complexity index is 715. The molecule has 0 saturated heterocycles. The van der Waals surface area contributed by atoms with E-state index in [0.717, 1.165) is 16.7 Å². The Morgan fingerprint density at radius 1 is 1.12 bits per heavy atom. The molecule has 0 radical (unpaired) electrons. The van der Waals surface area contributed by atoms with Gasteiger partial charge in [0.25, 0.3) is 5.91 Å². The van der Waals surface area contributed by atoms with Gasteiger partial charge in [0.2, 0.25) is 0 Å².